The number of nitrogens with one attached hydrogen (secondary N) is 2. The fourth-order valence-electron chi connectivity index (χ4n) is 2.92. The highest BCUT2D eigenvalue weighted by molar-refractivity contribution is 14.0. The molecule has 0 radical (unpaired) electrons. The lowest BCUT2D eigenvalue weighted by molar-refractivity contribution is 0.0574. The van der Waals surface area contributed by atoms with Gasteiger partial charge in [0.25, 0.3) is 0 Å². The number of halogens is 1. The molecule has 0 atom stereocenters. The quantitative estimate of drug-likeness (QED) is 0.243. The summed E-state index contributed by atoms with van der Waals surface area (Å²) in [6.07, 6.45) is 6.50. The van der Waals surface area contributed by atoms with E-state index in [1.54, 1.807) is 14.2 Å². The molecule has 0 heterocycles. The predicted octanol–water partition coefficient (Wildman–Crippen LogP) is 4.05. The first kappa shape index (κ1) is 22.8. The average Bonchev–Trinajstić information content (AvgIpc) is 3.15. The number of anilines is 1. The maximum absolute atomic E-state index is 5.87. The molecule has 0 amide bonds. The van der Waals surface area contributed by atoms with E-state index in [0.717, 1.165) is 37.0 Å². The minimum Gasteiger partial charge on any atom is -0.493 e. The van der Waals surface area contributed by atoms with E-state index < -0.39 is 0 Å². The van der Waals surface area contributed by atoms with Crippen molar-refractivity contribution >= 4 is 35.6 Å². The first-order valence-electron chi connectivity index (χ1n) is 9.17. The Labute approximate surface area is 174 Å². The molecule has 0 aliphatic heterocycles. The van der Waals surface area contributed by atoms with Crippen molar-refractivity contribution in [3.8, 4) is 11.5 Å². The van der Waals surface area contributed by atoms with Gasteiger partial charge in [0.2, 0.25) is 0 Å². The molecule has 0 spiro atoms. The molecule has 26 heavy (non-hydrogen) atoms. The van der Waals surface area contributed by atoms with E-state index >= 15 is 0 Å². The summed E-state index contributed by atoms with van der Waals surface area (Å²) in [5, 5.41) is 6.57. The fourth-order valence-corrected chi connectivity index (χ4v) is 2.92. The van der Waals surface area contributed by atoms with Crippen molar-refractivity contribution in [1.82, 2.24) is 5.32 Å². The highest BCUT2D eigenvalue weighted by Crippen LogP contribution is 2.30. The molecule has 2 rings (SSSR count). The number of rotatable bonds is 9. The third kappa shape index (κ3) is 7.57. The fraction of sp³-hybridized carbons (Fsp3) is 0.632. The van der Waals surface area contributed by atoms with Crippen LogP contribution in [0.2, 0.25) is 0 Å². The number of hydrogen-bond donors (Lipinski definition) is 2. The maximum Gasteiger partial charge on any atom is 0.195 e. The largest absolute Gasteiger partial charge is 0.493 e. The molecule has 7 heteroatoms. The van der Waals surface area contributed by atoms with Crippen molar-refractivity contribution in [3.63, 3.8) is 0 Å². The number of hydrogen-bond acceptors (Lipinski definition) is 4. The average molecular weight is 477 g/mol. The first-order chi connectivity index (χ1) is 12.3. The lowest BCUT2D eigenvalue weighted by Crippen LogP contribution is -2.32. The van der Waals surface area contributed by atoms with Gasteiger partial charge in [-0.1, -0.05) is 12.8 Å². The highest BCUT2D eigenvalue weighted by atomic mass is 127. The minimum absolute atomic E-state index is 0. The smallest absolute Gasteiger partial charge is 0.195 e. The van der Waals surface area contributed by atoms with Crippen LogP contribution in [-0.4, -0.2) is 46.0 Å². The van der Waals surface area contributed by atoms with Gasteiger partial charge < -0.3 is 24.8 Å². The van der Waals surface area contributed by atoms with E-state index in [9.17, 15) is 0 Å². The molecule has 1 saturated carbocycles. The minimum atomic E-state index is 0. The molecule has 1 aliphatic carbocycles. The lowest BCUT2D eigenvalue weighted by atomic mass is 10.2. The zero-order chi connectivity index (χ0) is 17.9. The monoisotopic (exact) mass is 477 g/mol. The summed E-state index contributed by atoms with van der Waals surface area (Å²) in [6, 6.07) is 5.75. The van der Waals surface area contributed by atoms with E-state index in [1.807, 2.05) is 25.1 Å². The maximum atomic E-state index is 5.87. The van der Waals surface area contributed by atoms with E-state index in [4.69, 9.17) is 14.2 Å². The Hall–Kier alpha value is -1.22. The second-order valence-electron chi connectivity index (χ2n) is 6.05. The van der Waals surface area contributed by atoms with Crippen LogP contribution >= 0.6 is 24.0 Å². The van der Waals surface area contributed by atoms with Gasteiger partial charge in [-0.15, -0.1) is 24.0 Å². The number of guanidine groups is 1. The van der Waals surface area contributed by atoms with Gasteiger partial charge in [0, 0.05) is 32.0 Å². The molecule has 0 unspecified atom stereocenters. The Morgan fingerprint density at radius 1 is 1.23 bits per heavy atom. The van der Waals surface area contributed by atoms with Crippen molar-refractivity contribution < 1.29 is 14.2 Å². The first-order valence-corrected chi connectivity index (χ1v) is 9.17. The number of ether oxygens (including phenoxy) is 3. The van der Waals surface area contributed by atoms with E-state index in [1.165, 1.54) is 25.7 Å². The second kappa shape index (κ2) is 13.0. The molecule has 0 bridgehead atoms. The molecule has 2 N–H and O–H groups in total. The molecule has 1 fully saturated rings. The normalized spacial score (nSPS) is 14.7. The van der Waals surface area contributed by atoms with Crippen LogP contribution < -0.4 is 20.1 Å². The predicted molar refractivity (Wildman–Crippen MR) is 117 cm³/mol. The number of benzene rings is 1. The Kier molecular flexibility index (Phi) is 11.4. The third-order valence-corrected chi connectivity index (χ3v) is 4.22. The summed E-state index contributed by atoms with van der Waals surface area (Å²) in [4.78, 5) is 4.25. The van der Waals surface area contributed by atoms with Gasteiger partial charge in [-0.05, 0) is 38.3 Å². The van der Waals surface area contributed by atoms with Gasteiger partial charge >= 0.3 is 0 Å². The Morgan fingerprint density at radius 3 is 2.65 bits per heavy atom. The molecule has 1 aromatic carbocycles. The summed E-state index contributed by atoms with van der Waals surface area (Å²) >= 11 is 0. The summed E-state index contributed by atoms with van der Waals surface area (Å²) in [5.41, 5.74) is 0.899. The van der Waals surface area contributed by atoms with E-state index in [2.05, 4.69) is 15.6 Å². The van der Waals surface area contributed by atoms with Gasteiger partial charge in [0.1, 0.15) is 0 Å². The van der Waals surface area contributed by atoms with Crippen LogP contribution in [0.1, 0.15) is 39.0 Å². The number of nitrogens with zero attached hydrogens (tertiary/aromatic N) is 1. The van der Waals surface area contributed by atoms with Crippen LogP contribution in [0, 0.1) is 0 Å². The zero-order valence-electron chi connectivity index (χ0n) is 16.0. The van der Waals surface area contributed by atoms with Gasteiger partial charge in [-0.25, -0.2) is 0 Å². The van der Waals surface area contributed by atoms with Gasteiger partial charge in [0.15, 0.2) is 17.5 Å². The van der Waals surface area contributed by atoms with Crippen molar-refractivity contribution in [2.45, 2.75) is 45.1 Å². The highest BCUT2D eigenvalue weighted by Gasteiger charge is 2.14. The van der Waals surface area contributed by atoms with Crippen molar-refractivity contribution in [2.24, 2.45) is 4.99 Å². The zero-order valence-corrected chi connectivity index (χ0v) is 18.4. The lowest BCUT2D eigenvalue weighted by Gasteiger charge is -2.15. The van der Waals surface area contributed by atoms with Crippen LogP contribution in [0.4, 0.5) is 5.69 Å². The summed E-state index contributed by atoms with van der Waals surface area (Å²) in [6.45, 7) is 4.18. The van der Waals surface area contributed by atoms with Crippen molar-refractivity contribution in [3.05, 3.63) is 18.2 Å². The molecule has 148 valence electrons. The van der Waals surface area contributed by atoms with Crippen molar-refractivity contribution in [2.75, 3.05) is 39.2 Å². The summed E-state index contributed by atoms with van der Waals surface area (Å²) in [5.74, 6) is 2.17. The molecule has 1 aliphatic rings. The molecule has 0 aromatic heterocycles. The molecule has 1 aromatic rings. The second-order valence-corrected chi connectivity index (χ2v) is 6.05. The molecular weight excluding hydrogens is 445 g/mol. The van der Waals surface area contributed by atoms with Gasteiger partial charge in [-0.2, -0.15) is 0 Å². The van der Waals surface area contributed by atoms with E-state index in [-0.39, 0.29) is 24.0 Å². The van der Waals surface area contributed by atoms with Crippen molar-refractivity contribution in [1.29, 1.82) is 0 Å². The SMILES string of the molecule is CCOc1ccc(NC(=NC)NCCCOC2CCCC2)cc1OC.I. The Morgan fingerprint density at radius 2 is 2.00 bits per heavy atom. The van der Waals surface area contributed by atoms with Crippen LogP contribution in [0.3, 0.4) is 0 Å². The number of aliphatic imine (C=N–C) groups is 1. The van der Waals surface area contributed by atoms with Gasteiger partial charge in [0.05, 0.1) is 19.8 Å². The topological polar surface area (TPSA) is 64.1 Å². The summed E-state index contributed by atoms with van der Waals surface area (Å²) < 4.78 is 16.8. The van der Waals surface area contributed by atoms with Crippen LogP contribution in [0.25, 0.3) is 0 Å². The van der Waals surface area contributed by atoms with E-state index in [0.29, 0.717) is 18.5 Å². The molecule has 6 nitrogen and oxygen atoms in total. The van der Waals surface area contributed by atoms with Crippen LogP contribution in [0.5, 0.6) is 11.5 Å². The van der Waals surface area contributed by atoms with Gasteiger partial charge in [-0.3, -0.25) is 4.99 Å². The molecule has 0 saturated heterocycles. The number of methoxy groups -OCH3 is 1. The third-order valence-electron chi connectivity index (χ3n) is 4.22. The standard InChI is InChI=1S/C19H31N3O3.HI/c1-4-24-17-11-10-15(14-18(17)23-3)22-19(20-2)21-12-7-13-25-16-8-5-6-9-16;/h10-11,14,16H,4-9,12-13H2,1-3H3,(H2,20,21,22);1H. The Bertz CT molecular complexity index is 549. The van der Waals surface area contributed by atoms with Crippen LogP contribution in [-0.2, 0) is 4.74 Å². The van der Waals surface area contributed by atoms with Crippen LogP contribution in [0.15, 0.2) is 23.2 Å². The Balaban J connectivity index is 0.00000338. The molecular formula is C19H32IN3O3. The summed E-state index contributed by atoms with van der Waals surface area (Å²) in [7, 11) is 3.40.